The number of anilines is 2. The van der Waals surface area contributed by atoms with E-state index < -0.39 is 0 Å². The summed E-state index contributed by atoms with van der Waals surface area (Å²) < 4.78 is 14.2. The molecule has 0 aliphatic carbocycles. The van der Waals surface area contributed by atoms with Crippen molar-refractivity contribution in [1.29, 1.82) is 0 Å². The zero-order valence-corrected chi connectivity index (χ0v) is 11.4. The average Bonchev–Trinajstić information content (AvgIpc) is 2.50. The van der Waals surface area contributed by atoms with E-state index >= 15 is 0 Å². The van der Waals surface area contributed by atoms with E-state index in [0.717, 1.165) is 25.2 Å². The van der Waals surface area contributed by atoms with Crippen LogP contribution in [0.1, 0.15) is 23.7 Å². The molecule has 0 saturated carbocycles. The molecule has 1 aliphatic heterocycles. The van der Waals surface area contributed by atoms with Crippen molar-refractivity contribution in [3.05, 3.63) is 47.2 Å². The molecule has 0 unspecified atom stereocenters. The van der Waals surface area contributed by atoms with E-state index in [1.165, 1.54) is 17.5 Å². The first-order valence-electron chi connectivity index (χ1n) is 6.87. The average molecular weight is 272 g/mol. The summed E-state index contributed by atoms with van der Waals surface area (Å²) in [5.74, 6) is -0.106. The Morgan fingerprint density at radius 3 is 3.10 bits per heavy atom. The Hall–Kier alpha value is -2.01. The highest BCUT2D eigenvalue weighted by Crippen LogP contribution is 2.26. The number of hydrogen-bond acceptors (Lipinski definition) is 4. The first-order chi connectivity index (χ1) is 9.79. The molecule has 1 aromatic carbocycles. The van der Waals surface area contributed by atoms with E-state index in [-0.39, 0.29) is 11.6 Å². The van der Waals surface area contributed by atoms with Gasteiger partial charge in [-0.15, -0.1) is 0 Å². The fourth-order valence-electron chi connectivity index (χ4n) is 2.52. The lowest BCUT2D eigenvalue weighted by Crippen LogP contribution is -2.24. The Bertz CT molecular complexity index is 627. The van der Waals surface area contributed by atoms with Crippen molar-refractivity contribution in [3.63, 3.8) is 0 Å². The molecule has 0 spiro atoms. The maximum Gasteiger partial charge on any atom is 0.187 e. The zero-order chi connectivity index (χ0) is 13.9. The van der Waals surface area contributed by atoms with Crippen LogP contribution in [-0.2, 0) is 19.4 Å². The van der Waals surface area contributed by atoms with Crippen LogP contribution in [0.25, 0.3) is 0 Å². The molecule has 0 atom stereocenters. The monoisotopic (exact) mass is 272 g/mol. The summed E-state index contributed by atoms with van der Waals surface area (Å²) in [5.41, 5.74) is 3.87. The van der Waals surface area contributed by atoms with Gasteiger partial charge in [0.25, 0.3) is 0 Å². The third-order valence-corrected chi connectivity index (χ3v) is 3.59. The molecule has 0 amide bonds. The van der Waals surface area contributed by atoms with Gasteiger partial charge in [-0.2, -0.15) is 0 Å². The predicted octanol–water partition coefficient (Wildman–Crippen LogP) is 2.57. The Balaban J connectivity index is 1.96. The fourth-order valence-corrected chi connectivity index (χ4v) is 2.52. The van der Waals surface area contributed by atoms with Crippen LogP contribution in [0.15, 0.2) is 24.5 Å². The minimum atomic E-state index is -0.360. The van der Waals surface area contributed by atoms with Crippen molar-refractivity contribution in [2.45, 2.75) is 26.3 Å². The maximum atomic E-state index is 14.2. The lowest BCUT2D eigenvalue weighted by molar-refractivity contribution is 0.598. The van der Waals surface area contributed by atoms with Crippen molar-refractivity contribution < 1.29 is 4.39 Å². The summed E-state index contributed by atoms with van der Waals surface area (Å²) in [6.45, 7) is 3.68. The van der Waals surface area contributed by atoms with E-state index in [0.29, 0.717) is 12.1 Å². The Kier molecular flexibility index (Phi) is 3.60. The third kappa shape index (κ3) is 2.36. The summed E-state index contributed by atoms with van der Waals surface area (Å²) in [7, 11) is 0. The molecule has 20 heavy (non-hydrogen) atoms. The topological polar surface area (TPSA) is 49.8 Å². The molecule has 0 bridgehead atoms. The number of nitrogens with one attached hydrogen (secondary N) is 2. The molecule has 2 heterocycles. The van der Waals surface area contributed by atoms with Gasteiger partial charge in [0, 0.05) is 12.2 Å². The maximum absolute atomic E-state index is 14.2. The summed E-state index contributed by atoms with van der Waals surface area (Å²) in [4.78, 5) is 7.97. The highest BCUT2D eigenvalue weighted by Gasteiger charge is 2.15. The van der Waals surface area contributed by atoms with Crippen LogP contribution in [0.4, 0.5) is 15.9 Å². The molecule has 104 valence electrons. The van der Waals surface area contributed by atoms with Gasteiger partial charge in [-0.05, 0) is 36.6 Å². The molecule has 3 rings (SSSR count). The SMILES string of the molecule is CCc1ncnc(Nc2cccc3c2CCNC3)c1F. The Morgan fingerprint density at radius 2 is 2.25 bits per heavy atom. The van der Waals surface area contributed by atoms with Gasteiger partial charge in [-0.3, -0.25) is 0 Å². The van der Waals surface area contributed by atoms with Gasteiger partial charge in [0.1, 0.15) is 6.33 Å². The lowest BCUT2D eigenvalue weighted by Gasteiger charge is -2.21. The van der Waals surface area contributed by atoms with E-state index in [4.69, 9.17) is 0 Å². The standard InChI is InChI=1S/C15H17FN4/c1-2-12-14(16)15(19-9-18-12)20-13-5-3-4-10-8-17-7-6-11(10)13/h3-5,9,17H,2,6-8H2,1H3,(H,18,19,20). The zero-order valence-electron chi connectivity index (χ0n) is 11.4. The number of aromatic nitrogens is 2. The fraction of sp³-hybridized carbons (Fsp3) is 0.333. The molecular formula is C15H17FN4. The number of nitrogens with zero attached hydrogens (tertiary/aromatic N) is 2. The van der Waals surface area contributed by atoms with Crippen molar-refractivity contribution in [3.8, 4) is 0 Å². The van der Waals surface area contributed by atoms with Crippen LogP contribution < -0.4 is 10.6 Å². The molecule has 5 heteroatoms. The minimum absolute atomic E-state index is 0.254. The van der Waals surface area contributed by atoms with Crippen LogP contribution >= 0.6 is 0 Å². The number of hydrogen-bond donors (Lipinski definition) is 2. The normalized spacial score (nSPS) is 13.9. The van der Waals surface area contributed by atoms with Crippen molar-refractivity contribution in [1.82, 2.24) is 15.3 Å². The molecule has 0 fully saturated rings. The molecule has 0 radical (unpaired) electrons. The van der Waals surface area contributed by atoms with Crippen LogP contribution in [-0.4, -0.2) is 16.5 Å². The smallest absolute Gasteiger partial charge is 0.187 e. The highest BCUT2D eigenvalue weighted by atomic mass is 19.1. The largest absolute Gasteiger partial charge is 0.337 e. The number of fused-ring (bicyclic) bond motifs is 1. The van der Waals surface area contributed by atoms with E-state index in [1.54, 1.807) is 0 Å². The molecule has 2 N–H and O–H groups in total. The molecule has 2 aromatic rings. The van der Waals surface area contributed by atoms with Gasteiger partial charge in [0.15, 0.2) is 11.6 Å². The Morgan fingerprint density at radius 1 is 1.35 bits per heavy atom. The van der Waals surface area contributed by atoms with Crippen molar-refractivity contribution in [2.24, 2.45) is 0 Å². The molecule has 4 nitrogen and oxygen atoms in total. The molecule has 1 aliphatic rings. The second-order valence-corrected chi connectivity index (χ2v) is 4.83. The molecule has 0 saturated heterocycles. The van der Waals surface area contributed by atoms with Crippen LogP contribution in [0, 0.1) is 5.82 Å². The second kappa shape index (κ2) is 5.54. The number of benzene rings is 1. The van der Waals surface area contributed by atoms with Gasteiger partial charge in [0.2, 0.25) is 0 Å². The van der Waals surface area contributed by atoms with Crippen LogP contribution in [0.3, 0.4) is 0 Å². The summed E-state index contributed by atoms with van der Waals surface area (Å²) in [5, 5.41) is 6.46. The number of rotatable bonds is 3. The summed E-state index contributed by atoms with van der Waals surface area (Å²) >= 11 is 0. The molecular weight excluding hydrogens is 255 g/mol. The Labute approximate surface area is 117 Å². The van der Waals surface area contributed by atoms with Crippen LogP contribution in [0.2, 0.25) is 0 Å². The van der Waals surface area contributed by atoms with Gasteiger partial charge in [-0.1, -0.05) is 19.1 Å². The van der Waals surface area contributed by atoms with E-state index in [2.05, 4.69) is 26.7 Å². The van der Waals surface area contributed by atoms with Gasteiger partial charge in [0.05, 0.1) is 5.69 Å². The summed E-state index contributed by atoms with van der Waals surface area (Å²) in [6, 6.07) is 6.05. The van der Waals surface area contributed by atoms with Gasteiger partial charge >= 0.3 is 0 Å². The van der Waals surface area contributed by atoms with E-state index in [9.17, 15) is 4.39 Å². The van der Waals surface area contributed by atoms with Crippen molar-refractivity contribution in [2.75, 3.05) is 11.9 Å². The molecule has 1 aromatic heterocycles. The van der Waals surface area contributed by atoms with Crippen LogP contribution in [0.5, 0.6) is 0 Å². The summed E-state index contributed by atoms with van der Waals surface area (Å²) in [6.07, 6.45) is 2.90. The number of aryl methyl sites for hydroxylation is 1. The first-order valence-corrected chi connectivity index (χ1v) is 6.87. The minimum Gasteiger partial charge on any atom is -0.337 e. The predicted molar refractivity (Wildman–Crippen MR) is 76.5 cm³/mol. The van der Waals surface area contributed by atoms with Gasteiger partial charge in [-0.25, -0.2) is 14.4 Å². The van der Waals surface area contributed by atoms with E-state index in [1.807, 2.05) is 19.1 Å². The lowest BCUT2D eigenvalue weighted by atomic mass is 9.99. The second-order valence-electron chi connectivity index (χ2n) is 4.83. The highest BCUT2D eigenvalue weighted by molar-refractivity contribution is 5.63. The van der Waals surface area contributed by atoms with Gasteiger partial charge < -0.3 is 10.6 Å². The number of halogens is 1. The van der Waals surface area contributed by atoms with Crippen molar-refractivity contribution >= 4 is 11.5 Å². The first kappa shape index (κ1) is 13.0. The quantitative estimate of drug-likeness (QED) is 0.901. The third-order valence-electron chi connectivity index (χ3n) is 3.59.